The molecular weight excluding hydrogens is 346 g/mol. The molecule has 2 heterocycles. The Hall–Kier alpha value is -2.67. The minimum Gasteiger partial charge on any atom is -0.455 e. The molecule has 0 radical (unpaired) electrons. The van der Waals surface area contributed by atoms with Crippen LogP contribution in [0.25, 0.3) is 0 Å². The Morgan fingerprint density at radius 2 is 1.81 bits per heavy atom. The average molecular weight is 371 g/mol. The van der Waals surface area contributed by atoms with Crippen LogP contribution in [0.2, 0.25) is 0 Å². The van der Waals surface area contributed by atoms with Crippen molar-refractivity contribution in [3.63, 3.8) is 0 Å². The Bertz CT molecular complexity index is 760. The highest BCUT2D eigenvalue weighted by Gasteiger charge is 2.22. The Labute approximate surface area is 158 Å². The number of amides is 1. The minimum atomic E-state index is -0.444. The van der Waals surface area contributed by atoms with Gasteiger partial charge in [0.25, 0.3) is 5.91 Å². The minimum absolute atomic E-state index is 0.0688. The van der Waals surface area contributed by atoms with Crippen molar-refractivity contribution in [2.75, 3.05) is 32.8 Å². The van der Waals surface area contributed by atoms with E-state index in [4.69, 9.17) is 9.26 Å². The third-order valence-corrected chi connectivity index (χ3v) is 4.83. The molecule has 1 aliphatic heterocycles. The summed E-state index contributed by atoms with van der Waals surface area (Å²) in [5.41, 5.74) is 2.66. The van der Waals surface area contributed by atoms with Gasteiger partial charge in [0.15, 0.2) is 6.61 Å². The van der Waals surface area contributed by atoms with Crippen molar-refractivity contribution >= 4 is 11.9 Å². The zero-order valence-electron chi connectivity index (χ0n) is 15.8. The number of carbonyl (C=O) groups is 2. The van der Waals surface area contributed by atoms with Gasteiger partial charge < -0.3 is 14.2 Å². The molecule has 0 atom stereocenters. The quantitative estimate of drug-likeness (QED) is 0.720. The number of benzene rings is 1. The fourth-order valence-corrected chi connectivity index (χ4v) is 3.18. The van der Waals surface area contributed by atoms with Gasteiger partial charge in [-0.15, -0.1) is 0 Å². The van der Waals surface area contributed by atoms with E-state index in [1.54, 1.807) is 18.7 Å². The monoisotopic (exact) mass is 371 g/mol. The maximum atomic E-state index is 12.3. The zero-order valence-corrected chi connectivity index (χ0v) is 15.8. The molecule has 1 aromatic carbocycles. The third kappa shape index (κ3) is 5.17. The van der Waals surface area contributed by atoms with Crippen LogP contribution in [0, 0.1) is 13.8 Å². The summed E-state index contributed by atoms with van der Waals surface area (Å²) >= 11 is 0. The van der Waals surface area contributed by atoms with Gasteiger partial charge in [0, 0.05) is 38.3 Å². The third-order valence-electron chi connectivity index (χ3n) is 4.83. The van der Waals surface area contributed by atoms with Gasteiger partial charge in [-0.3, -0.25) is 14.5 Å². The molecule has 2 aromatic rings. The van der Waals surface area contributed by atoms with Crippen LogP contribution in [0.15, 0.2) is 34.9 Å². The summed E-state index contributed by atoms with van der Waals surface area (Å²) in [5, 5.41) is 3.81. The van der Waals surface area contributed by atoms with Gasteiger partial charge in [-0.2, -0.15) is 0 Å². The summed E-state index contributed by atoms with van der Waals surface area (Å²) in [7, 11) is 0. The maximum Gasteiger partial charge on any atom is 0.310 e. The van der Waals surface area contributed by atoms with Crippen LogP contribution >= 0.6 is 0 Å². The number of piperazine rings is 1. The van der Waals surface area contributed by atoms with Gasteiger partial charge in [-0.05, 0) is 19.4 Å². The normalized spacial score (nSPS) is 15.0. The lowest BCUT2D eigenvalue weighted by Crippen LogP contribution is -2.49. The number of hydrogen-bond donors (Lipinski definition) is 0. The SMILES string of the molecule is Cc1noc(C)c1CC(=O)OCC(=O)N1CCN(Cc2ccccc2)CC1. The van der Waals surface area contributed by atoms with Gasteiger partial charge in [0.2, 0.25) is 0 Å². The van der Waals surface area contributed by atoms with Crippen molar-refractivity contribution in [3.8, 4) is 0 Å². The molecule has 3 rings (SSSR count). The van der Waals surface area contributed by atoms with Gasteiger partial charge in [-0.25, -0.2) is 0 Å². The number of esters is 1. The first kappa shape index (κ1) is 19.1. The lowest BCUT2D eigenvalue weighted by atomic mass is 10.1. The molecule has 0 bridgehead atoms. The highest BCUT2D eigenvalue weighted by Crippen LogP contribution is 2.13. The van der Waals surface area contributed by atoms with E-state index in [1.165, 1.54) is 5.56 Å². The second-order valence-corrected chi connectivity index (χ2v) is 6.78. The van der Waals surface area contributed by atoms with Crippen molar-refractivity contribution in [1.29, 1.82) is 0 Å². The molecule has 144 valence electrons. The van der Waals surface area contributed by atoms with E-state index in [-0.39, 0.29) is 18.9 Å². The molecule has 1 amide bonds. The average Bonchev–Trinajstić information content (AvgIpc) is 2.99. The number of hydrogen-bond acceptors (Lipinski definition) is 6. The fraction of sp³-hybridized carbons (Fsp3) is 0.450. The Morgan fingerprint density at radius 1 is 1.11 bits per heavy atom. The van der Waals surface area contributed by atoms with Crippen molar-refractivity contribution in [2.45, 2.75) is 26.8 Å². The lowest BCUT2D eigenvalue weighted by molar-refractivity contribution is -0.152. The lowest BCUT2D eigenvalue weighted by Gasteiger charge is -2.34. The van der Waals surface area contributed by atoms with Crippen LogP contribution in [0.5, 0.6) is 0 Å². The molecule has 1 fully saturated rings. The van der Waals surface area contributed by atoms with Crippen LogP contribution in [-0.4, -0.2) is 59.6 Å². The molecule has 0 aliphatic carbocycles. The van der Waals surface area contributed by atoms with E-state index in [9.17, 15) is 9.59 Å². The molecule has 0 spiro atoms. The van der Waals surface area contributed by atoms with E-state index in [0.717, 1.165) is 25.2 Å². The summed E-state index contributed by atoms with van der Waals surface area (Å²) in [6, 6.07) is 10.3. The summed E-state index contributed by atoms with van der Waals surface area (Å²) in [5.74, 6) is 0.00671. The highest BCUT2D eigenvalue weighted by molar-refractivity contribution is 5.81. The number of aromatic nitrogens is 1. The van der Waals surface area contributed by atoms with Gasteiger partial charge >= 0.3 is 5.97 Å². The topological polar surface area (TPSA) is 75.9 Å². The highest BCUT2D eigenvalue weighted by atomic mass is 16.5. The zero-order chi connectivity index (χ0) is 19.2. The number of aryl methyl sites for hydroxylation is 2. The molecular formula is C20H25N3O4. The summed E-state index contributed by atoms with van der Waals surface area (Å²) < 4.78 is 10.2. The van der Waals surface area contributed by atoms with Crippen molar-refractivity contribution < 1.29 is 18.8 Å². The van der Waals surface area contributed by atoms with E-state index in [0.29, 0.717) is 24.5 Å². The summed E-state index contributed by atoms with van der Waals surface area (Å²) in [6.07, 6.45) is 0.0688. The predicted molar refractivity (Wildman–Crippen MR) is 98.9 cm³/mol. The van der Waals surface area contributed by atoms with Gasteiger partial charge in [0.05, 0.1) is 12.1 Å². The largest absolute Gasteiger partial charge is 0.455 e. The summed E-state index contributed by atoms with van der Waals surface area (Å²) in [4.78, 5) is 28.4. The fourth-order valence-electron chi connectivity index (χ4n) is 3.18. The van der Waals surface area contributed by atoms with Crippen LogP contribution in [0.1, 0.15) is 22.6 Å². The van der Waals surface area contributed by atoms with Crippen LogP contribution < -0.4 is 0 Å². The molecule has 0 unspecified atom stereocenters. The van der Waals surface area contributed by atoms with Crippen molar-refractivity contribution in [2.24, 2.45) is 0 Å². The number of nitrogens with zero attached hydrogens (tertiary/aromatic N) is 3. The standard InChI is InChI=1S/C20H25N3O4/c1-15-18(16(2)27-21-15)12-20(25)26-14-19(24)23-10-8-22(9-11-23)13-17-6-4-3-5-7-17/h3-7H,8-14H2,1-2H3. The molecule has 1 aromatic heterocycles. The van der Waals surface area contributed by atoms with E-state index in [2.05, 4.69) is 22.2 Å². The molecule has 1 aliphatic rings. The van der Waals surface area contributed by atoms with E-state index in [1.807, 2.05) is 18.2 Å². The van der Waals surface area contributed by atoms with Crippen LogP contribution in [0.3, 0.4) is 0 Å². The molecule has 1 saturated heterocycles. The van der Waals surface area contributed by atoms with Gasteiger partial charge in [-0.1, -0.05) is 35.5 Å². The van der Waals surface area contributed by atoms with E-state index >= 15 is 0 Å². The van der Waals surface area contributed by atoms with Crippen LogP contribution in [0.4, 0.5) is 0 Å². The Morgan fingerprint density at radius 3 is 2.44 bits per heavy atom. The molecule has 7 nitrogen and oxygen atoms in total. The van der Waals surface area contributed by atoms with Crippen molar-refractivity contribution in [1.82, 2.24) is 15.0 Å². The molecule has 0 saturated carbocycles. The number of carbonyl (C=O) groups excluding carboxylic acids is 2. The summed E-state index contributed by atoms with van der Waals surface area (Å²) in [6.45, 7) is 7.11. The first-order valence-corrected chi connectivity index (χ1v) is 9.14. The number of ether oxygens (including phenoxy) is 1. The number of rotatable bonds is 6. The Balaban J connectivity index is 1.40. The molecule has 0 N–H and O–H groups in total. The Kier molecular flexibility index (Phi) is 6.24. The van der Waals surface area contributed by atoms with E-state index < -0.39 is 5.97 Å². The maximum absolute atomic E-state index is 12.3. The second-order valence-electron chi connectivity index (χ2n) is 6.78. The second kappa shape index (κ2) is 8.81. The molecule has 7 heteroatoms. The van der Waals surface area contributed by atoms with Crippen molar-refractivity contribution in [3.05, 3.63) is 52.9 Å². The predicted octanol–water partition coefficient (Wildman–Crippen LogP) is 1.72. The van der Waals surface area contributed by atoms with Gasteiger partial charge in [0.1, 0.15) is 5.76 Å². The smallest absolute Gasteiger partial charge is 0.310 e. The molecule has 27 heavy (non-hydrogen) atoms. The van der Waals surface area contributed by atoms with Crippen LogP contribution in [-0.2, 0) is 27.3 Å². The first-order chi connectivity index (χ1) is 13.0. The first-order valence-electron chi connectivity index (χ1n) is 9.14.